The van der Waals surface area contributed by atoms with E-state index in [0.29, 0.717) is 18.5 Å². The molecule has 5 nitrogen and oxygen atoms in total. The number of guanidine groups is 1. The number of aromatic nitrogens is 2. The van der Waals surface area contributed by atoms with E-state index in [-0.39, 0.29) is 0 Å². The second-order valence-corrected chi connectivity index (χ2v) is 6.14. The largest absolute Gasteiger partial charge is 0.370 e. The van der Waals surface area contributed by atoms with E-state index in [2.05, 4.69) is 49.8 Å². The van der Waals surface area contributed by atoms with Crippen molar-refractivity contribution in [1.82, 2.24) is 14.5 Å². The van der Waals surface area contributed by atoms with Gasteiger partial charge < -0.3 is 15.2 Å². The Balaban J connectivity index is 1.51. The van der Waals surface area contributed by atoms with Gasteiger partial charge in [-0.2, -0.15) is 0 Å². The molecule has 23 heavy (non-hydrogen) atoms. The molecule has 2 N–H and O–H groups in total. The van der Waals surface area contributed by atoms with E-state index in [9.17, 15) is 0 Å². The number of hydrogen-bond donors (Lipinski definition) is 1. The molecule has 0 spiro atoms. The molecule has 3 rings (SSSR count). The van der Waals surface area contributed by atoms with Crippen LogP contribution in [0.2, 0.25) is 0 Å². The molecule has 1 aromatic heterocycles. The first-order chi connectivity index (χ1) is 11.2. The first-order valence-electron chi connectivity index (χ1n) is 8.30. The molecule has 1 heterocycles. The zero-order valence-electron chi connectivity index (χ0n) is 13.7. The first-order valence-corrected chi connectivity index (χ1v) is 8.30. The van der Waals surface area contributed by atoms with E-state index in [1.165, 1.54) is 18.4 Å². The summed E-state index contributed by atoms with van der Waals surface area (Å²) >= 11 is 0. The summed E-state index contributed by atoms with van der Waals surface area (Å²) in [7, 11) is 2.02. The van der Waals surface area contributed by atoms with Crippen molar-refractivity contribution in [2.24, 2.45) is 10.7 Å². The van der Waals surface area contributed by atoms with Gasteiger partial charge >= 0.3 is 0 Å². The van der Waals surface area contributed by atoms with Gasteiger partial charge in [0.1, 0.15) is 12.4 Å². The van der Waals surface area contributed by atoms with Crippen LogP contribution in [0.3, 0.4) is 0 Å². The molecule has 0 radical (unpaired) electrons. The van der Waals surface area contributed by atoms with Crippen LogP contribution in [-0.2, 0) is 19.5 Å². The molecule has 0 bridgehead atoms. The fourth-order valence-electron chi connectivity index (χ4n) is 2.71. The van der Waals surface area contributed by atoms with E-state index in [1.807, 2.05) is 19.4 Å². The smallest absolute Gasteiger partial charge is 0.191 e. The highest BCUT2D eigenvalue weighted by atomic mass is 15.3. The summed E-state index contributed by atoms with van der Waals surface area (Å²) in [6, 6.07) is 11.2. The third-order valence-corrected chi connectivity index (χ3v) is 4.35. The van der Waals surface area contributed by atoms with E-state index >= 15 is 0 Å². The van der Waals surface area contributed by atoms with Gasteiger partial charge in [-0.05, 0) is 31.2 Å². The molecule has 122 valence electrons. The summed E-state index contributed by atoms with van der Waals surface area (Å²) in [6.07, 6.45) is 8.48. The third kappa shape index (κ3) is 4.34. The molecule has 0 atom stereocenters. The Morgan fingerprint density at radius 2 is 2.13 bits per heavy atom. The first kappa shape index (κ1) is 15.6. The second-order valence-electron chi connectivity index (χ2n) is 6.14. The zero-order chi connectivity index (χ0) is 16.1. The molecule has 5 heteroatoms. The summed E-state index contributed by atoms with van der Waals surface area (Å²) in [4.78, 5) is 11.0. The van der Waals surface area contributed by atoms with Crippen molar-refractivity contribution in [2.45, 2.75) is 44.8 Å². The second kappa shape index (κ2) is 7.31. The molecular formula is C18H25N5. The number of nitrogens with two attached hydrogens (primary N) is 1. The van der Waals surface area contributed by atoms with Gasteiger partial charge in [0, 0.05) is 32.0 Å². The van der Waals surface area contributed by atoms with Gasteiger partial charge in [-0.25, -0.2) is 9.98 Å². The molecule has 0 saturated heterocycles. The lowest BCUT2D eigenvalue weighted by Crippen LogP contribution is -2.35. The van der Waals surface area contributed by atoms with Crippen molar-refractivity contribution in [3.63, 3.8) is 0 Å². The minimum atomic E-state index is 0.543. The number of nitrogens with zero attached hydrogens (tertiary/aromatic N) is 4. The van der Waals surface area contributed by atoms with Crippen LogP contribution in [0.5, 0.6) is 0 Å². The predicted octanol–water partition coefficient (Wildman–Crippen LogP) is 2.42. The highest BCUT2D eigenvalue weighted by molar-refractivity contribution is 5.78. The lowest BCUT2D eigenvalue weighted by molar-refractivity contribution is 0.486. The van der Waals surface area contributed by atoms with E-state index in [0.717, 1.165) is 25.2 Å². The molecule has 1 fully saturated rings. The van der Waals surface area contributed by atoms with Crippen molar-refractivity contribution in [3.8, 4) is 0 Å². The summed E-state index contributed by atoms with van der Waals surface area (Å²) in [5.41, 5.74) is 7.42. The Labute approximate surface area is 137 Å². The van der Waals surface area contributed by atoms with Gasteiger partial charge in [-0.1, -0.05) is 30.3 Å². The lowest BCUT2D eigenvalue weighted by Gasteiger charge is -2.16. The zero-order valence-corrected chi connectivity index (χ0v) is 13.7. The molecular weight excluding hydrogens is 286 g/mol. The van der Waals surface area contributed by atoms with Crippen LogP contribution in [0.4, 0.5) is 0 Å². The van der Waals surface area contributed by atoms with Crippen LogP contribution in [0.1, 0.15) is 30.7 Å². The highest BCUT2D eigenvalue weighted by Gasteiger charge is 2.27. The minimum Gasteiger partial charge on any atom is -0.370 e. The normalized spacial score (nSPS) is 14.9. The quantitative estimate of drug-likeness (QED) is 0.631. The lowest BCUT2D eigenvalue weighted by atomic mass is 10.1. The molecule has 1 saturated carbocycles. The molecule has 1 aliphatic carbocycles. The van der Waals surface area contributed by atoms with Crippen LogP contribution in [0.15, 0.2) is 47.7 Å². The van der Waals surface area contributed by atoms with Crippen molar-refractivity contribution in [1.29, 1.82) is 0 Å². The summed E-state index contributed by atoms with van der Waals surface area (Å²) < 4.78 is 2.18. The fraction of sp³-hybridized carbons (Fsp3) is 0.444. The van der Waals surface area contributed by atoms with Crippen LogP contribution >= 0.6 is 0 Å². The number of aryl methyl sites for hydroxylation is 2. The summed E-state index contributed by atoms with van der Waals surface area (Å²) in [5.74, 6) is 1.59. The number of benzene rings is 1. The molecule has 0 aliphatic heterocycles. The predicted molar refractivity (Wildman–Crippen MR) is 93.1 cm³/mol. The maximum absolute atomic E-state index is 6.04. The van der Waals surface area contributed by atoms with E-state index < -0.39 is 0 Å². The Bertz CT molecular complexity index is 642. The molecule has 1 aliphatic rings. The SMILES string of the molecule is CN(C(N)=NCc1nccn1CCCc1ccccc1)C1CC1. The van der Waals surface area contributed by atoms with Gasteiger partial charge in [0.05, 0.1) is 0 Å². The molecule has 1 aromatic carbocycles. The Kier molecular flexibility index (Phi) is 4.95. The van der Waals surface area contributed by atoms with Crippen LogP contribution in [0, 0.1) is 0 Å². The summed E-state index contributed by atoms with van der Waals surface area (Å²) in [6.45, 7) is 1.50. The van der Waals surface area contributed by atoms with E-state index in [4.69, 9.17) is 5.73 Å². The molecule has 0 unspecified atom stereocenters. The number of hydrogen-bond acceptors (Lipinski definition) is 2. The monoisotopic (exact) mass is 311 g/mol. The maximum Gasteiger partial charge on any atom is 0.191 e. The van der Waals surface area contributed by atoms with Gasteiger partial charge in [0.15, 0.2) is 5.96 Å². The van der Waals surface area contributed by atoms with Crippen LogP contribution < -0.4 is 5.73 Å². The van der Waals surface area contributed by atoms with Gasteiger partial charge in [-0.3, -0.25) is 0 Å². The Hall–Kier alpha value is -2.30. The van der Waals surface area contributed by atoms with E-state index in [1.54, 1.807) is 0 Å². The molecule has 2 aromatic rings. The van der Waals surface area contributed by atoms with Crippen molar-refractivity contribution < 1.29 is 0 Å². The van der Waals surface area contributed by atoms with Crippen LogP contribution in [0.25, 0.3) is 0 Å². The number of rotatable bonds is 7. The maximum atomic E-state index is 6.04. The number of imidazole rings is 1. The average molecular weight is 311 g/mol. The Morgan fingerprint density at radius 3 is 2.87 bits per heavy atom. The highest BCUT2D eigenvalue weighted by Crippen LogP contribution is 2.24. The van der Waals surface area contributed by atoms with Crippen molar-refractivity contribution in [2.75, 3.05) is 7.05 Å². The van der Waals surface area contributed by atoms with Crippen molar-refractivity contribution >= 4 is 5.96 Å². The Morgan fingerprint density at radius 1 is 1.35 bits per heavy atom. The van der Waals surface area contributed by atoms with Gasteiger partial charge in [0.25, 0.3) is 0 Å². The topological polar surface area (TPSA) is 59.4 Å². The standard InChI is InChI=1S/C18H25N5/c1-22(16-9-10-16)18(19)21-14-17-20-11-13-23(17)12-5-8-15-6-3-2-4-7-15/h2-4,6-7,11,13,16H,5,8-10,12,14H2,1H3,(H2,19,21). The third-order valence-electron chi connectivity index (χ3n) is 4.35. The average Bonchev–Trinajstić information content (AvgIpc) is 3.33. The number of aliphatic imine (C=N–C) groups is 1. The fourth-order valence-corrected chi connectivity index (χ4v) is 2.71. The van der Waals surface area contributed by atoms with Gasteiger partial charge in [0.2, 0.25) is 0 Å². The van der Waals surface area contributed by atoms with Crippen molar-refractivity contribution in [3.05, 3.63) is 54.1 Å². The van der Waals surface area contributed by atoms with Gasteiger partial charge in [-0.15, -0.1) is 0 Å². The van der Waals surface area contributed by atoms with Crippen LogP contribution in [-0.4, -0.2) is 33.5 Å². The molecule has 0 amide bonds. The minimum absolute atomic E-state index is 0.543. The summed E-state index contributed by atoms with van der Waals surface area (Å²) in [5, 5.41) is 0.